The van der Waals surface area contributed by atoms with Crippen LogP contribution >= 0.6 is 0 Å². The fourth-order valence-corrected chi connectivity index (χ4v) is 3.98. The third-order valence-corrected chi connectivity index (χ3v) is 5.61. The average Bonchev–Trinajstić information content (AvgIpc) is 3.07. The topological polar surface area (TPSA) is 68.3 Å². The largest absolute Gasteiger partial charge is 0.493 e. The molecule has 0 N–H and O–H groups in total. The summed E-state index contributed by atoms with van der Waals surface area (Å²) in [5.41, 5.74) is 2.56. The molecular formula is C24H26N2O5. The Kier molecular flexibility index (Phi) is 6.23. The van der Waals surface area contributed by atoms with Gasteiger partial charge in [0, 0.05) is 19.6 Å². The number of benzene rings is 2. The van der Waals surface area contributed by atoms with Gasteiger partial charge in [0.05, 0.1) is 33.0 Å². The Morgan fingerprint density at radius 1 is 0.903 bits per heavy atom. The SMILES string of the molecule is COc1ccc(C2=C(N3CCOCC3)C(=O)N(CCc3ccccc3)C2=O)cc1OC. The van der Waals surface area contributed by atoms with E-state index in [1.54, 1.807) is 32.4 Å². The Morgan fingerprint density at radius 3 is 2.29 bits per heavy atom. The molecule has 4 rings (SSSR count). The normalized spacial score (nSPS) is 16.8. The number of carbonyl (C=O) groups is 2. The van der Waals surface area contributed by atoms with Crippen molar-refractivity contribution in [2.75, 3.05) is 47.1 Å². The lowest BCUT2D eigenvalue weighted by molar-refractivity contribution is -0.137. The van der Waals surface area contributed by atoms with Gasteiger partial charge < -0.3 is 19.1 Å². The number of amides is 2. The fourth-order valence-electron chi connectivity index (χ4n) is 3.98. The van der Waals surface area contributed by atoms with Gasteiger partial charge in [0.1, 0.15) is 5.70 Å². The molecule has 0 bridgehead atoms. The number of hydrogen-bond donors (Lipinski definition) is 0. The van der Waals surface area contributed by atoms with Crippen LogP contribution in [0.2, 0.25) is 0 Å². The van der Waals surface area contributed by atoms with Crippen molar-refractivity contribution < 1.29 is 23.8 Å². The quantitative estimate of drug-likeness (QED) is 0.638. The molecule has 2 aliphatic heterocycles. The van der Waals surface area contributed by atoms with Crippen molar-refractivity contribution in [1.29, 1.82) is 0 Å². The number of imide groups is 1. The molecule has 1 saturated heterocycles. The van der Waals surface area contributed by atoms with Crippen molar-refractivity contribution >= 4 is 17.4 Å². The smallest absolute Gasteiger partial charge is 0.277 e. The van der Waals surface area contributed by atoms with Crippen LogP contribution in [0.25, 0.3) is 5.57 Å². The molecule has 162 valence electrons. The summed E-state index contributed by atoms with van der Waals surface area (Å²) in [6.45, 7) is 2.50. The molecule has 0 unspecified atom stereocenters. The van der Waals surface area contributed by atoms with Crippen LogP contribution in [-0.2, 0) is 20.7 Å². The molecule has 7 heteroatoms. The van der Waals surface area contributed by atoms with Crippen molar-refractivity contribution in [3.63, 3.8) is 0 Å². The van der Waals surface area contributed by atoms with Gasteiger partial charge in [-0.2, -0.15) is 0 Å². The standard InChI is InChI=1S/C24H26N2O5/c1-29-19-9-8-18(16-20(19)30-2)21-22(25-12-14-31-15-13-25)24(28)26(23(21)27)11-10-17-6-4-3-5-7-17/h3-9,16H,10-15H2,1-2H3. The summed E-state index contributed by atoms with van der Waals surface area (Å²) in [5, 5.41) is 0. The van der Waals surface area contributed by atoms with Crippen LogP contribution in [0.3, 0.4) is 0 Å². The Labute approximate surface area is 181 Å². The van der Waals surface area contributed by atoms with E-state index in [9.17, 15) is 9.59 Å². The minimum absolute atomic E-state index is 0.257. The number of nitrogens with zero attached hydrogens (tertiary/aromatic N) is 2. The van der Waals surface area contributed by atoms with Gasteiger partial charge in [-0.25, -0.2) is 0 Å². The van der Waals surface area contributed by atoms with E-state index in [0.29, 0.717) is 67.6 Å². The van der Waals surface area contributed by atoms with E-state index in [1.807, 2.05) is 35.2 Å². The zero-order valence-electron chi connectivity index (χ0n) is 17.8. The molecule has 1 fully saturated rings. The minimum atomic E-state index is -0.283. The van der Waals surface area contributed by atoms with Crippen LogP contribution in [-0.4, -0.2) is 68.7 Å². The van der Waals surface area contributed by atoms with Crippen LogP contribution in [0, 0.1) is 0 Å². The summed E-state index contributed by atoms with van der Waals surface area (Å²) >= 11 is 0. The molecule has 2 aromatic rings. The van der Waals surface area contributed by atoms with Crippen LogP contribution < -0.4 is 9.47 Å². The van der Waals surface area contributed by atoms with Gasteiger partial charge in [-0.05, 0) is 29.7 Å². The van der Waals surface area contributed by atoms with Crippen LogP contribution in [0.15, 0.2) is 54.2 Å². The van der Waals surface area contributed by atoms with Gasteiger partial charge in [-0.15, -0.1) is 0 Å². The summed E-state index contributed by atoms with van der Waals surface area (Å²) in [4.78, 5) is 30.2. The van der Waals surface area contributed by atoms with Crippen molar-refractivity contribution in [3.8, 4) is 11.5 Å². The van der Waals surface area contributed by atoms with E-state index in [2.05, 4.69) is 0 Å². The lowest BCUT2D eigenvalue weighted by Gasteiger charge is -2.29. The molecule has 7 nitrogen and oxygen atoms in total. The molecule has 2 heterocycles. The number of rotatable bonds is 7. The maximum atomic E-state index is 13.5. The minimum Gasteiger partial charge on any atom is -0.493 e. The predicted molar refractivity (Wildman–Crippen MR) is 116 cm³/mol. The second kappa shape index (κ2) is 9.22. The first-order valence-corrected chi connectivity index (χ1v) is 10.3. The van der Waals surface area contributed by atoms with Crippen LogP contribution in [0.1, 0.15) is 11.1 Å². The number of methoxy groups -OCH3 is 2. The molecule has 0 spiro atoms. The first-order valence-electron chi connectivity index (χ1n) is 10.3. The summed E-state index contributed by atoms with van der Waals surface area (Å²) in [5.74, 6) is 0.538. The van der Waals surface area contributed by atoms with E-state index in [1.165, 1.54) is 4.90 Å². The van der Waals surface area contributed by atoms with E-state index in [4.69, 9.17) is 14.2 Å². The molecule has 0 aromatic heterocycles. The highest BCUT2D eigenvalue weighted by Gasteiger charge is 2.41. The van der Waals surface area contributed by atoms with E-state index in [-0.39, 0.29) is 11.8 Å². The molecule has 2 aromatic carbocycles. The van der Waals surface area contributed by atoms with Gasteiger partial charge in [0.2, 0.25) is 0 Å². The zero-order valence-corrected chi connectivity index (χ0v) is 17.8. The molecule has 2 aliphatic rings. The number of hydrogen-bond acceptors (Lipinski definition) is 6. The lowest BCUT2D eigenvalue weighted by Crippen LogP contribution is -2.40. The Morgan fingerprint density at radius 2 is 1.61 bits per heavy atom. The van der Waals surface area contributed by atoms with Crippen LogP contribution in [0.5, 0.6) is 11.5 Å². The maximum absolute atomic E-state index is 13.5. The van der Waals surface area contributed by atoms with E-state index in [0.717, 1.165) is 5.56 Å². The van der Waals surface area contributed by atoms with E-state index >= 15 is 0 Å². The highest BCUT2D eigenvalue weighted by Crippen LogP contribution is 2.36. The van der Waals surface area contributed by atoms with Gasteiger partial charge in [0.15, 0.2) is 11.5 Å². The second-order valence-corrected chi connectivity index (χ2v) is 7.39. The summed E-state index contributed by atoms with van der Waals surface area (Å²) in [7, 11) is 3.11. The molecule has 0 atom stereocenters. The molecule has 31 heavy (non-hydrogen) atoms. The number of carbonyl (C=O) groups excluding carboxylic acids is 2. The molecule has 2 amide bonds. The van der Waals surface area contributed by atoms with E-state index < -0.39 is 0 Å². The number of morpholine rings is 1. The summed E-state index contributed by atoms with van der Waals surface area (Å²) in [6, 6.07) is 15.1. The highest BCUT2D eigenvalue weighted by molar-refractivity contribution is 6.35. The van der Waals surface area contributed by atoms with Crippen LogP contribution in [0.4, 0.5) is 0 Å². The van der Waals surface area contributed by atoms with Crippen molar-refractivity contribution in [2.24, 2.45) is 0 Å². The Hall–Kier alpha value is -3.32. The van der Waals surface area contributed by atoms with Gasteiger partial charge in [0.25, 0.3) is 11.8 Å². The van der Waals surface area contributed by atoms with Gasteiger partial charge >= 0.3 is 0 Å². The average molecular weight is 422 g/mol. The molecule has 0 radical (unpaired) electrons. The van der Waals surface area contributed by atoms with Gasteiger partial charge in [-0.3, -0.25) is 14.5 Å². The summed E-state index contributed by atoms with van der Waals surface area (Å²) < 4.78 is 16.2. The third kappa shape index (κ3) is 4.14. The molecule has 0 aliphatic carbocycles. The first kappa shape index (κ1) is 20.9. The fraction of sp³-hybridized carbons (Fsp3) is 0.333. The Bertz CT molecular complexity index is 996. The third-order valence-electron chi connectivity index (χ3n) is 5.61. The predicted octanol–water partition coefficient (Wildman–Crippen LogP) is 2.36. The summed E-state index contributed by atoms with van der Waals surface area (Å²) in [6.07, 6.45) is 0.605. The Balaban J connectivity index is 1.70. The first-order chi connectivity index (χ1) is 15.1. The maximum Gasteiger partial charge on any atom is 0.277 e. The van der Waals surface area contributed by atoms with Crippen molar-refractivity contribution in [1.82, 2.24) is 9.80 Å². The molecular weight excluding hydrogens is 396 g/mol. The monoisotopic (exact) mass is 422 g/mol. The highest BCUT2D eigenvalue weighted by atomic mass is 16.5. The van der Waals surface area contributed by atoms with Gasteiger partial charge in [-0.1, -0.05) is 36.4 Å². The van der Waals surface area contributed by atoms with Crippen molar-refractivity contribution in [2.45, 2.75) is 6.42 Å². The second-order valence-electron chi connectivity index (χ2n) is 7.39. The lowest BCUT2D eigenvalue weighted by atomic mass is 10.0. The number of ether oxygens (including phenoxy) is 3. The zero-order chi connectivity index (χ0) is 21.8. The molecule has 0 saturated carbocycles. The van der Waals surface area contributed by atoms with Crippen molar-refractivity contribution in [3.05, 3.63) is 65.4 Å².